The highest BCUT2D eigenvalue weighted by atomic mass is 32.2. The van der Waals surface area contributed by atoms with Crippen molar-refractivity contribution < 1.29 is 9.53 Å². The summed E-state index contributed by atoms with van der Waals surface area (Å²) in [5.41, 5.74) is 5.59. The monoisotopic (exact) mass is 205 g/mol. The Labute approximate surface area is 84.4 Å². The van der Waals surface area contributed by atoms with Gasteiger partial charge in [0.2, 0.25) is 0 Å². The third kappa shape index (κ3) is 6.90. The summed E-state index contributed by atoms with van der Waals surface area (Å²) in [5.74, 6) is 1.45. The molecule has 0 amide bonds. The van der Waals surface area contributed by atoms with Gasteiger partial charge in [0.25, 0.3) is 0 Å². The molecule has 0 heterocycles. The van der Waals surface area contributed by atoms with Gasteiger partial charge in [-0.1, -0.05) is 13.3 Å². The minimum Gasteiger partial charge on any atom is -0.465 e. The van der Waals surface area contributed by atoms with Crippen molar-refractivity contribution in [2.75, 3.05) is 18.1 Å². The second-order valence-corrected chi connectivity index (χ2v) is 3.94. The van der Waals surface area contributed by atoms with Crippen molar-refractivity contribution >= 4 is 17.7 Å². The first-order valence-corrected chi connectivity index (χ1v) is 5.87. The summed E-state index contributed by atoms with van der Waals surface area (Å²) in [6.45, 7) is 4.34. The molecule has 0 fully saturated rings. The van der Waals surface area contributed by atoms with Crippen LogP contribution in [-0.4, -0.2) is 30.1 Å². The molecule has 13 heavy (non-hydrogen) atoms. The number of carbonyl (C=O) groups is 1. The molecule has 4 heteroatoms. The molecule has 2 N–H and O–H groups in total. The quantitative estimate of drug-likeness (QED) is 0.504. The van der Waals surface area contributed by atoms with E-state index in [1.165, 1.54) is 12.8 Å². The highest BCUT2D eigenvalue weighted by molar-refractivity contribution is 7.99. The zero-order valence-electron chi connectivity index (χ0n) is 8.41. The average Bonchev–Trinajstić information content (AvgIpc) is 2.12. The lowest BCUT2D eigenvalue weighted by atomic mass is 10.4. The smallest absolute Gasteiger partial charge is 0.323 e. The minimum absolute atomic E-state index is 0.286. The number of unbranched alkanes of at least 4 members (excludes halogenated alkanes) is 1. The average molecular weight is 205 g/mol. The van der Waals surface area contributed by atoms with Gasteiger partial charge >= 0.3 is 5.97 Å². The third-order valence-corrected chi connectivity index (χ3v) is 2.70. The van der Waals surface area contributed by atoms with E-state index >= 15 is 0 Å². The van der Waals surface area contributed by atoms with Crippen molar-refractivity contribution in [2.45, 2.75) is 32.7 Å². The molecule has 0 aliphatic heterocycles. The summed E-state index contributed by atoms with van der Waals surface area (Å²) in [6, 6.07) is -0.457. The van der Waals surface area contributed by atoms with Crippen molar-refractivity contribution in [3.8, 4) is 0 Å². The number of nitrogens with two attached hydrogens (primary N) is 1. The molecule has 0 bridgehead atoms. The van der Waals surface area contributed by atoms with E-state index in [0.717, 1.165) is 5.75 Å². The molecule has 0 unspecified atom stereocenters. The van der Waals surface area contributed by atoms with Crippen LogP contribution in [0, 0.1) is 0 Å². The second-order valence-electron chi connectivity index (χ2n) is 2.79. The van der Waals surface area contributed by atoms with E-state index in [9.17, 15) is 4.79 Å². The maximum absolute atomic E-state index is 11.0. The van der Waals surface area contributed by atoms with Crippen molar-refractivity contribution in [3.05, 3.63) is 0 Å². The topological polar surface area (TPSA) is 52.3 Å². The van der Waals surface area contributed by atoms with Gasteiger partial charge in [0, 0.05) is 5.75 Å². The number of carbonyl (C=O) groups excluding carboxylic acids is 1. The van der Waals surface area contributed by atoms with Crippen molar-refractivity contribution in [2.24, 2.45) is 5.73 Å². The molecule has 1 atom stereocenters. The first kappa shape index (κ1) is 12.8. The van der Waals surface area contributed by atoms with Gasteiger partial charge in [-0.2, -0.15) is 11.8 Å². The molecule has 0 aliphatic rings. The molecule has 0 saturated carbocycles. The largest absolute Gasteiger partial charge is 0.465 e. The van der Waals surface area contributed by atoms with Gasteiger partial charge < -0.3 is 10.5 Å². The minimum atomic E-state index is -0.457. The van der Waals surface area contributed by atoms with E-state index in [1.807, 2.05) is 0 Å². The molecule has 0 spiro atoms. The van der Waals surface area contributed by atoms with Gasteiger partial charge in [-0.05, 0) is 19.1 Å². The summed E-state index contributed by atoms with van der Waals surface area (Å²) in [5, 5.41) is 0. The molecule has 0 radical (unpaired) electrons. The third-order valence-electron chi connectivity index (χ3n) is 1.53. The van der Waals surface area contributed by atoms with Crippen LogP contribution in [0.1, 0.15) is 26.7 Å². The number of ether oxygens (including phenoxy) is 1. The molecule has 0 aromatic rings. The Balaban J connectivity index is 3.38. The molecule has 0 aliphatic carbocycles. The van der Waals surface area contributed by atoms with E-state index < -0.39 is 6.04 Å². The second kappa shape index (κ2) is 8.38. The van der Waals surface area contributed by atoms with E-state index in [2.05, 4.69) is 6.92 Å². The van der Waals surface area contributed by atoms with Gasteiger partial charge in [0.05, 0.1) is 6.61 Å². The fraction of sp³-hybridized carbons (Fsp3) is 0.889. The van der Waals surface area contributed by atoms with Gasteiger partial charge in [-0.15, -0.1) is 0 Å². The fourth-order valence-corrected chi connectivity index (χ4v) is 1.82. The first-order chi connectivity index (χ1) is 6.22. The number of thioether (sulfide) groups is 1. The Bertz CT molecular complexity index is 142. The number of esters is 1. The van der Waals surface area contributed by atoms with Crippen LogP contribution in [-0.2, 0) is 9.53 Å². The Morgan fingerprint density at radius 1 is 1.54 bits per heavy atom. The van der Waals surface area contributed by atoms with E-state index in [-0.39, 0.29) is 5.97 Å². The SMILES string of the molecule is CCCCSC[C@H](N)C(=O)OCC. The molecule has 0 saturated heterocycles. The summed E-state index contributed by atoms with van der Waals surface area (Å²) in [7, 11) is 0. The Hall–Kier alpha value is -0.220. The van der Waals surface area contributed by atoms with Crippen LogP contribution in [0.15, 0.2) is 0 Å². The summed E-state index contributed by atoms with van der Waals surface area (Å²) in [6.07, 6.45) is 2.36. The van der Waals surface area contributed by atoms with Crippen LogP contribution >= 0.6 is 11.8 Å². The Morgan fingerprint density at radius 2 is 2.23 bits per heavy atom. The van der Waals surface area contributed by atoms with Crippen LogP contribution in [0.25, 0.3) is 0 Å². The van der Waals surface area contributed by atoms with Crippen LogP contribution in [0.2, 0.25) is 0 Å². The molecular formula is C9H19NO2S. The summed E-state index contributed by atoms with van der Waals surface area (Å²) in [4.78, 5) is 11.0. The van der Waals surface area contributed by atoms with Crippen molar-refractivity contribution in [3.63, 3.8) is 0 Å². The fourth-order valence-electron chi connectivity index (χ4n) is 0.774. The standard InChI is InChI=1S/C9H19NO2S/c1-3-5-6-13-7-8(10)9(11)12-4-2/h8H,3-7,10H2,1-2H3/t8-/m0/s1. The number of hydrogen-bond donors (Lipinski definition) is 1. The zero-order chi connectivity index (χ0) is 10.1. The molecule has 0 aromatic carbocycles. The number of hydrogen-bond acceptors (Lipinski definition) is 4. The van der Waals surface area contributed by atoms with Crippen LogP contribution < -0.4 is 5.73 Å². The van der Waals surface area contributed by atoms with E-state index in [4.69, 9.17) is 10.5 Å². The zero-order valence-corrected chi connectivity index (χ0v) is 9.23. The lowest BCUT2D eigenvalue weighted by molar-refractivity contribution is -0.144. The maximum Gasteiger partial charge on any atom is 0.323 e. The molecular weight excluding hydrogens is 186 g/mol. The molecule has 78 valence electrons. The highest BCUT2D eigenvalue weighted by Crippen LogP contribution is 2.06. The molecule has 0 aromatic heterocycles. The Morgan fingerprint density at radius 3 is 2.77 bits per heavy atom. The number of rotatable bonds is 7. The maximum atomic E-state index is 11.0. The van der Waals surface area contributed by atoms with Gasteiger partial charge in [-0.25, -0.2) is 0 Å². The lowest BCUT2D eigenvalue weighted by Gasteiger charge is -2.09. The molecule has 3 nitrogen and oxygen atoms in total. The highest BCUT2D eigenvalue weighted by Gasteiger charge is 2.13. The van der Waals surface area contributed by atoms with Crippen molar-refractivity contribution in [1.29, 1.82) is 0 Å². The Kier molecular flexibility index (Phi) is 8.24. The van der Waals surface area contributed by atoms with E-state index in [1.54, 1.807) is 18.7 Å². The van der Waals surface area contributed by atoms with Gasteiger partial charge in [-0.3, -0.25) is 4.79 Å². The summed E-state index contributed by atoms with van der Waals surface area (Å²) < 4.78 is 4.78. The van der Waals surface area contributed by atoms with E-state index in [0.29, 0.717) is 12.4 Å². The normalized spacial score (nSPS) is 12.5. The van der Waals surface area contributed by atoms with Gasteiger partial charge in [0.1, 0.15) is 6.04 Å². The predicted octanol–water partition coefficient (Wildman–Crippen LogP) is 1.41. The van der Waals surface area contributed by atoms with Crippen molar-refractivity contribution in [1.82, 2.24) is 0 Å². The van der Waals surface area contributed by atoms with Gasteiger partial charge in [0.15, 0.2) is 0 Å². The van der Waals surface area contributed by atoms with Crippen LogP contribution in [0.4, 0.5) is 0 Å². The molecule has 0 rings (SSSR count). The lowest BCUT2D eigenvalue weighted by Crippen LogP contribution is -2.34. The van der Waals surface area contributed by atoms with Crippen LogP contribution in [0.3, 0.4) is 0 Å². The first-order valence-electron chi connectivity index (χ1n) is 4.72. The predicted molar refractivity (Wildman–Crippen MR) is 56.8 cm³/mol. The summed E-state index contributed by atoms with van der Waals surface area (Å²) >= 11 is 1.71. The van der Waals surface area contributed by atoms with Crippen LogP contribution in [0.5, 0.6) is 0 Å².